The fourth-order valence-electron chi connectivity index (χ4n) is 3.46. The van der Waals surface area contributed by atoms with Crippen LogP contribution in [-0.4, -0.2) is 29.1 Å². The molecule has 2 N–H and O–H groups in total. The number of carbonyl (C=O) groups is 1. The second-order valence-corrected chi connectivity index (χ2v) is 6.92. The standard InChI is InChI=1S/C22H22FN5O/c23-18-9-2-3-10-19(18)27-22(29)26-17-8-6-7-16(15-17)20-21(25-12-11-24-20)28-13-4-1-5-14-28/h2-3,6-12,15H,1,4-5,13-14H2,(H2,26,27,29). The summed E-state index contributed by atoms with van der Waals surface area (Å²) in [4.78, 5) is 23.6. The molecule has 2 amide bonds. The van der Waals surface area contributed by atoms with Gasteiger partial charge in [-0.25, -0.2) is 14.2 Å². The van der Waals surface area contributed by atoms with E-state index < -0.39 is 11.8 Å². The van der Waals surface area contributed by atoms with Gasteiger partial charge in [0.2, 0.25) is 0 Å². The molecule has 1 aliphatic heterocycles. The molecule has 4 rings (SSSR count). The van der Waals surface area contributed by atoms with Crippen molar-refractivity contribution in [1.29, 1.82) is 0 Å². The third kappa shape index (κ3) is 4.51. The van der Waals surface area contributed by atoms with Crippen molar-refractivity contribution in [2.24, 2.45) is 0 Å². The van der Waals surface area contributed by atoms with Crippen LogP contribution in [0.2, 0.25) is 0 Å². The third-order valence-electron chi connectivity index (χ3n) is 4.85. The van der Waals surface area contributed by atoms with Crippen LogP contribution in [0.25, 0.3) is 11.3 Å². The summed E-state index contributed by atoms with van der Waals surface area (Å²) in [6.07, 6.45) is 6.91. The van der Waals surface area contributed by atoms with Crippen molar-refractivity contribution >= 4 is 23.2 Å². The van der Waals surface area contributed by atoms with E-state index in [9.17, 15) is 9.18 Å². The van der Waals surface area contributed by atoms with Crippen LogP contribution in [0.15, 0.2) is 60.9 Å². The third-order valence-corrected chi connectivity index (χ3v) is 4.85. The lowest BCUT2D eigenvalue weighted by atomic mass is 10.1. The molecule has 2 aromatic carbocycles. The van der Waals surface area contributed by atoms with E-state index in [4.69, 9.17) is 0 Å². The molecular formula is C22H22FN5O. The number of benzene rings is 2. The Morgan fingerprint density at radius 1 is 0.931 bits per heavy atom. The van der Waals surface area contributed by atoms with Crippen molar-refractivity contribution in [3.8, 4) is 11.3 Å². The molecule has 3 aromatic rings. The molecule has 6 nitrogen and oxygen atoms in total. The molecule has 7 heteroatoms. The Kier molecular flexibility index (Phi) is 5.65. The normalized spacial score (nSPS) is 13.8. The molecule has 0 atom stereocenters. The lowest BCUT2D eigenvalue weighted by molar-refractivity contribution is 0.262. The summed E-state index contributed by atoms with van der Waals surface area (Å²) in [5, 5.41) is 5.27. The van der Waals surface area contributed by atoms with Crippen molar-refractivity contribution in [1.82, 2.24) is 9.97 Å². The molecule has 1 aliphatic rings. The number of halogens is 1. The SMILES string of the molecule is O=C(Nc1cccc(-c2nccnc2N2CCCCC2)c1)Nc1ccccc1F. The average Bonchev–Trinajstić information content (AvgIpc) is 2.76. The molecule has 2 heterocycles. The maximum absolute atomic E-state index is 13.7. The predicted octanol–water partition coefficient (Wildman–Crippen LogP) is 4.92. The molecule has 0 bridgehead atoms. The highest BCUT2D eigenvalue weighted by Crippen LogP contribution is 2.30. The van der Waals surface area contributed by atoms with Crippen LogP contribution in [0.5, 0.6) is 0 Å². The number of aromatic nitrogens is 2. The van der Waals surface area contributed by atoms with Gasteiger partial charge >= 0.3 is 6.03 Å². The van der Waals surface area contributed by atoms with Crippen molar-refractivity contribution in [2.45, 2.75) is 19.3 Å². The van der Waals surface area contributed by atoms with E-state index in [0.29, 0.717) is 5.69 Å². The summed E-state index contributed by atoms with van der Waals surface area (Å²) < 4.78 is 13.7. The minimum absolute atomic E-state index is 0.127. The quantitative estimate of drug-likeness (QED) is 0.662. The number of nitrogens with one attached hydrogen (secondary N) is 2. The van der Waals surface area contributed by atoms with E-state index >= 15 is 0 Å². The Labute approximate surface area is 168 Å². The van der Waals surface area contributed by atoms with Gasteiger partial charge in [-0.3, -0.25) is 4.98 Å². The minimum Gasteiger partial charge on any atom is -0.355 e. The topological polar surface area (TPSA) is 70.2 Å². The van der Waals surface area contributed by atoms with E-state index in [1.54, 1.807) is 30.6 Å². The van der Waals surface area contributed by atoms with Gasteiger partial charge in [-0.2, -0.15) is 0 Å². The zero-order chi connectivity index (χ0) is 20.1. The van der Waals surface area contributed by atoms with Gasteiger partial charge in [-0.1, -0.05) is 24.3 Å². The number of carbonyl (C=O) groups excluding carboxylic acids is 1. The lowest BCUT2D eigenvalue weighted by Crippen LogP contribution is -2.30. The highest BCUT2D eigenvalue weighted by atomic mass is 19.1. The molecule has 1 saturated heterocycles. The van der Waals surface area contributed by atoms with Gasteiger partial charge in [0.05, 0.1) is 5.69 Å². The number of amides is 2. The van der Waals surface area contributed by atoms with Crippen LogP contribution in [0, 0.1) is 5.82 Å². The van der Waals surface area contributed by atoms with Crippen LogP contribution in [0.3, 0.4) is 0 Å². The van der Waals surface area contributed by atoms with Gasteiger partial charge in [0.15, 0.2) is 5.82 Å². The van der Waals surface area contributed by atoms with E-state index in [-0.39, 0.29) is 5.69 Å². The maximum Gasteiger partial charge on any atom is 0.323 e. The molecular weight excluding hydrogens is 369 g/mol. The molecule has 0 radical (unpaired) electrons. The predicted molar refractivity (Wildman–Crippen MR) is 113 cm³/mol. The number of hydrogen-bond acceptors (Lipinski definition) is 4. The van der Waals surface area contributed by atoms with Crippen molar-refractivity contribution < 1.29 is 9.18 Å². The molecule has 29 heavy (non-hydrogen) atoms. The molecule has 148 valence electrons. The summed E-state index contributed by atoms with van der Waals surface area (Å²) in [5.74, 6) is 0.377. The highest BCUT2D eigenvalue weighted by molar-refractivity contribution is 6.00. The number of rotatable bonds is 4. The minimum atomic E-state index is -0.511. The smallest absolute Gasteiger partial charge is 0.323 e. The molecule has 1 aromatic heterocycles. The van der Waals surface area contributed by atoms with Gasteiger partial charge in [0.1, 0.15) is 11.5 Å². The van der Waals surface area contributed by atoms with Crippen molar-refractivity contribution in [3.63, 3.8) is 0 Å². The van der Waals surface area contributed by atoms with E-state index in [2.05, 4.69) is 25.5 Å². The zero-order valence-corrected chi connectivity index (χ0v) is 15.9. The van der Waals surface area contributed by atoms with E-state index in [1.165, 1.54) is 18.6 Å². The first-order chi connectivity index (χ1) is 14.2. The zero-order valence-electron chi connectivity index (χ0n) is 15.9. The van der Waals surface area contributed by atoms with Crippen LogP contribution < -0.4 is 15.5 Å². The Morgan fingerprint density at radius 2 is 1.72 bits per heavy atom. The summed E-state index contributed by atoms with van der Waals surface area (Å²) in [6.45, 7) is 1.93. The second kappa shape index (κ2) is 8.68. The first kappa shape index (κ1) is 18.9. The number of piperidine rings is 1. The highest BCUT2D eigenvalue weighted by Gasteiger charge is 2.18. The van der Waals surface area contributed by atoms with Crippen LogP contribution in [0.1, 0.15) is 19.3 Å². The van der Waals surface area contributed by atoms with Crippen LogP contribution >= 0.6 is 0 Å². The Balaban J connectivity index is 1.54. The fourth-order valence-corrected chi connectivity index (χ4v) is 3.46. The largest absolute Gasteiger partial charge is 0.355 e. The molecule has 0 saturated carbocycles. The van der Waals surface area contributed by atoms with Crippen LogP contribution in [0.4, 0.5) is 26.4 Å². The summed E-state index contributed by atoms with van der Waals surface area (Å²) in [7, 11) is 0. The van der Waals surface area contributed by atoms with Gasteiger partial charge in [0, 0.05) is 36.7 Å². The Bertz CT molecular complexity index is 1000. The Hall–Kier alpha value is -3.48. The fraction of sp³-hybridized carbons (Fsp3) is 0.227. The second-order valence-electron chi connectivity index (χ2n) is 6.92. The number of nitrogens with zero attached hydrogens (tertiary/aromatic N) is 3. The number of anilines is 3. The Morgan fingerprint density at radius 3 is 2.55 bits per heavy atom. The van der Waals surface area contributed by atoms with E-state index in [1.807, 2.05) is 18.2 Å². The molecule has 0 unspecified atom stereocenters. The number of urea groups is 1. The monoisotopic (exact) mass is 391 g/mol. The van der Waals surface area contributed by atoms with Crippen molar-refractivity contribution in [3.05, 3.63) is 66.7 Å². The summed E-state index contributed by atoms with van der Waals surface area (Å²) >= 11 is 0. The lowest BCUT2D eigenvalue weighted by Gasteiger charge is -2.28. The first-order valence-electron chi connectivity index (χ1n) is 9.69. The van der Waals surface area contributed by atoms with Crippen LogP contribution in [-0.2, 0) is 0 Å². The molecule has 0 spiro atoms. The maximum atomic E-state index is 13.7. The van der Waals surface area contributed by atoms with E-state index in [0.717, 1.165) is 43.0 Å². The molecule has 0 aliphatic carbocycles. The number of hydrogen-bond donors (Lipinski definition) is 2. The molecule has 1 fully saturated rings. The van der Waals surface area contributed by atoms with Gasteiger partial charge in [-0.05, 0) is 43.5 Å². The average molecular weight is 391 g/mol. The summed E-state index contributed by atoms with van der Waals surface area (Å²) in [5.41, 5.74) is 2.36. The number of para-hydroxylation sites is 1. The van der Waals surface area contributed by atoms with Gasteiger partial charge < -0.3 is 15.5 Å². The first-order valence-corrected chi connectivity index (χ1v) is 9.69. The van der Waals surface area contributed by atoms with Gasteiger partial charge in [0.25, 0.3) is 0 Å². The van der Waals surface area contributed by atoms with Gasteiger partial charge in [-0.15, -0.1) is 0 Å². The van der Waals surface area contributed by atoms with Crippen molar-refractivity contribution in [2.75, 3.05) is 28.6 Å². The summed E-state index contributed by atoms with van der Waals surface area (Å²) in [6, 6.07) is 12.9.